The van der Waals surface area contributed by atoms with Gasteiger partial charge in [0.15, 0.2) is 0 Å². The largest absolute Gasteiger partial charge is 0.496 e. The van der Waals surface area contributed by atoms with Gasteiger partial charge >= 0.3 is 0 Å². The van der Waals surface area contributed by atoms with Crippen molar-refractivity contribution in [1.82, 2.24) is 5.32 Å². The Kier molecular flexibility index (Phi) is 18.1. The Bertz CT molecular complexity index is 2230. The summed E-state index contributed by atoms with van der Waals surface area (Å²) in [6.45, 7) is 6.40. The summed E-state index contributed by atoms with van der Waals surface area (Å²) >= 11 is 5.58. The van der Waals surface area contributed by atoms with Crippen LogP contribution in [0.2, 0.25) is 0 Å². The fraction of sp³-hybridized carbons (Fsp3) is 0.208. The highest BCUT2D eigenvalue weighted by atomic mass is 35.5. The molecule has 0 aliphatic carbocycles. The molecule has 6 rings (SSSR count). The van der Waals surface area contributed by atoms with Crippen molar-refractivity contribution in [3.8, 4) is 11.5 Å². The SMILES string of the molecule is COc1cc(OCCCC(=O)NC(c2ccccc2)c2ccc(C)cc2)ccc1CO.Cc1ccc(/C(=N/O)c2ccc([N+](=O)[O-])cc2)cc1.Cc1ccc(CCl)cc1. The molecule has 3 N–H and O–H groups in total. The number of alkyl halides is 1. The van der Waals surface area contributed by atoms with Crippen molar-refractivity contribution < 1.29 is 29.5 Å². The lowest BCUT2D eigenvalue weighted by molar-refractivity contribution is -0.384. The number of nitro benzene ring substituents is 1. The van der Waals surface area contributed by atoms with Crippen LogP contribution in [-0.2, 0) is 17.3 Å². The predicted molar refractivity (Wildman–Crippen MR) is 234 cm³/mol. The Balaban J connectivity index is 0.000000230. The minimum atomic E-state index is -0.467. The number of oxime groups is 1. The van der Waals surface area contributed by atoms with Gasteiger partial charge in [0.05, 0.1) is 31.3 Å². The van der Waals surface area contributed by atoms with Gasteiger partial charge in [-0.1, -0.05) is 125 Å². The van der Waals surface area contributed by atoms with E-state index in [-0.39, 0.29) is 24.2 Å². The number of aliphatic hydroxyl groups excluding tert-OH is 1. The molecular formula is C48H50ClN3O7. The fourth-order valence-corrected chi connectivity index (χ4v) is 5.95. The molecule has 0 bridgehead atoms. The molecule has 1 unspecified atom stereocenters. The summed E-state index contributed by atoms with van der Waals surface area (Å²) in [5, 5.41) is 35.5. The predicted octanol–water partition coefficient (Wildman–Crippen LogP) is 10.4. The quantitative estimate of drug-likeness (QED) is 0.0248. The van der Waals surface area contributed by atoms with Crippen molar-refractivity contribution in [3.63, 3.8) is 0 Å². The maximum absolute atomic E-state index is 12.6. The lowest BCUT2D eigenvalue weighted by Gasteiger charge is -2.20. The molecular weight excluding hydrogens is 766 g/mol. The van der Waals surface area contributed by atoms with Gasteiger partial charge in [0.1, 0.15) is 17.2 Å². The van der Waals surface area contributed by atoms with E-state index in [1.165, 1.54) is 28.8 Å². The number of aliphatic hydroxyl groups is 1. The number of ether oxygens (including phenoxy) is 2. The van der Waals surface area contributed by atoms with Crippen LogP contribution in [0.15, 0.2) is 151 Å². The average molecular weight is 816 g/mol. The Hall–Kier alpha value is -6.49. The van der Waals surface area contributed by atoms with Crippen molar-refractivity contribution in [2.75, 3.05) is 13.7 Å². The van der Waals surface area contributed by atoms with Crippen molar-refractivity contribution in [1.29, 1.82) is 0 Å². The molecule has 0 heterocycles. The Morgan fingerprint density at radius 3 is 1.85 bits per heavy atom. The maximum atomic E-state index is 12.6. The van der Waals surface area contributed by atoms with Crippen LogP contribution in [0.1, 0.15) is 69.0 Å². The smallest absolute Gasteiger partial charge is 0.269 e. The first-order chi connectivity index (χ1) is 28.5. The summed E-state index contributed by atoms with van der Waals surface area (Å²) in [6, 6.07) is 44.9. The molecule has 0 spiro atoms. The number of rotatable bonds is 14. The Morgan fingerprint density at radius 1 is 0.780 bits per heavy atom. The second-order valence-corrected chi connectivity index (χ2v) is 13.9. The van der Waals surface area contributed by atoms with Crippen molar-refractivity contribution in [3.05, 3.63) is 206 Å². The van der Waals surface area contributed by atoms with Gasteiger partial charge in [0.2, 0.25) is 5.91 Å². The van der Waals surface area contributed by atoms with E-state index < -0.39 is 4.92 Å². The zero-order valence-electron chi connectivity index (χ0n) is 33.7. The number of hydrogen-bond acceptors (Lipinski definition) is 8. The number of nitrogens with zero attached hydrogens (tertiary/aromatic N) is 2. The van der Waals surface area contributed by atoms with Crippen LogP contribution >= 0.6 is 11.6 Å². The highest BCUT2D eigenvalue weighted by Crippen LogP contribution is 2.26. The van der Waals surface area contributed by atoms with Gasteiger partial charge in [0, 0.05) is 47.2 Å². The third kappa shape index (κ3) is 14.4. The summed E-state index contributed by atoms with van der Waals surface area (Å²) in [5.74, 6) is 1.82. The lowest BCUT2D eigenvalue weighted by Crippen LogP contribution is -2.29. The third-order valence-corrected chi connectivity index (χ3v) is 9.45. The molecule has 6 aromatic rings. The third-order valence-electron chi connectivity index (χ3n) is 9.15. The monoisotopic (exact) mass is 815 g/mol. The summed E-state index contributed by atoms with van der Waals surface area (Å²) in [7, 11) is 1.56. The number of carbonyl (C=O) groups excluding carboxylic acids is 1. The van der Waals surface area contributed by atoms with E-state index >= 15 is 0 Å². The molecule has 6 aromatic carbocycles. The van der Waals surface area contributed by atoms with Crippen molar-refractivity contribution in [2.24, 2.45) is 5.16 Å². The molecule has 11 heteroatoms. The van der Waals surface area contributed by atoms with Gasteiger partial charge in [0.25, 0.3) is 5.69 Å². The number of methoxy groups -OCH3 is 1. The first kappa shape index (κ1) is 45.2. The van der Waals surface area contributed by atoms with Gasteiger partial charge < -0.3 is 25.1 Å². The van der Waals surface area contributed by atoms with E-state index in [0.29, 0.717) is 53.7 Å². The van der Waals surface area contributed by atoms with E-state index in [1.54, 1.807) is 37.4 Å². The Labute approximate surface area is 350 Å². The summed E-state index contributed by atoms with van der Waals surface area (Å²) < 4.78 is 11.0. The van der Waals surface area contributed by atoms with Crippen LogP contribution in [0.5, 0.6) is 11.5 Å². The average Bonchev–Trinajstić information content (AvgIpc) is 3.26. The molecule has 0 saturated carbocycles. The van der Waals surface area contributed by atoms with Crippen molar-refractivity contribution in [2.45, 2.75) is 52.1 Å². The number of nitrogens with one attached hydrogen (secondary N) is 1. The molecule has 0 aromatic heterocycles. The normalized spacial score (nSPS) is 11.2. The zero-order valence-corrected chi connectivity index (χ0v) is 34.4. The fourth-order valence-electron chi connectivity index (χ4n) is 5.78. The second kappa shape index (κ2) is 23.7. The van der Waals surface area contributed by atoms with Gasteiger partial charge in [-0.2, -0.15) is 0 Å². The number of nitro groups is 1. The van der Waals surface area contributed by atoms with Crippen LogP contribution in [0.3, 0.4) is 0 Å². The zero-order chi connectivity index (χ0) is 42.6. The second-order valence-electron chi connectivity index (χ2n) is 13.6. The minimum absolute atomic E-state index is 0.00458. The Morgan fingerprint density at radius 2 is 1.32 bits per heavy atom. The molecule has 0 saturated heterocycles. The summed E-state index contributed by atoms with van der Waals surface area (Å²) in [6.07, 6.45) is 0.951. The lowest BCUT2D eigenvalue weighted by atomic mass is 9.97. The molecule has 10 nitrogen and oxygen atoms in total. The van der Waals surface area contributed by atoms with Gasteiger partial charge in [-0.05, 0) is 68.1 Å². The van der Waals surface area contributed by atoms with Crippen molar-refractivity contribution >= 4 is 28.9 Å². The molecule has 0 aliphatic rings. The molecule has 0 aliphatic heterocycles. The van der Waals surface area contributed by atoms with E-state index in [1.807, 2.05) is 80.6 Å². The molecule has 1 atom stereocenters. The van der Waals surface area contributed by atoms with Gasteiger partial charge in [-0.25, -0.2) is 0 Å². The number of aryl methyl sites for hydroxylation is 3. The number of benzene rings is 6. The maximum Gasteiger partial charge on any atom is 0.269 e. The van der Waals surface area contributed by atoms with E-state index in [2.05, 4.69) is 53.8 Å². The number of carbonyl (C=O) groups is 1. The summed E-state index contributed by atoms with van der Waals surface area (Å²) in [5.41, 5.74) is 9.32. The standard InChI is InChI=1S/C26H29NO4.C14H12N2O3.C8H9Cl/c1-19-10-12-21(13-11-19)26(20-7-4-3-5-8-20)27-25(29)9-6-16-31-23-15-14-22(18-28)24(17-23)30-2;1-10-2-4-11(5-3-10)14(15-17)12-6-8-13(9-7-12)16(18)19;1-7-2-4-8(6-9)5-3-7/h3-5,7-8,10-15,17,26,28H,6,9,16,18H2,1-2H3,(H,27,29);2-9,17H,1H3;2-5H,6H2,1H3/b;15-14-;. The number of non-ortho nitro benzene ring substituents is 1. The van der Waals surface area contributed by atoms with Gasteiger partial charge in [-0.3, -0.25) is 14.9 Å². The van der Waals surface area contributed by atoms with E-state index in [4.69, 9.17) is 26.3 Å². The van der Waals surface area contributed by atoms with Crippen LogP contribution < -0.4 is 14.8 Å². The van der Waals surface area contributed by atoms with Crippen LogP contribution in [0.25, 0.3) is 0 Å². The summed E-state index contributed by atoms with van der Waals surface area (Å²) in [4.78, 5) is 22.8. The minimum Gasteiger partial charge on any atom is -0.496 e. The van der Waals surface area contributed by atoms with Crippen LogP contribution in [0.4, 0.5) is 5.69 Å². The van der Waals surface area contributed by atoms with Gasteiger partial charge in [-0.15, -0.1) is 11.6 Å². The van der Waals surface area contributed by atoms with E-state index in [0.717, 1.165) is 22.3 Å². The molecule has 306 valence electrons. The van der Waals surface area contributed by atoms with E-state index in [9.17, 15) is 20.0 Å². The molecule has 0 radical (unpaired) electrons. The van der Waals surface area contributed by atoms with Crippen LogP contribution in [-0.4, -0.2) is 40.6 Å². The molecule has 1 amide bonds. The number of hydrogen-bond donors (Lipinski definition) is 3. The molecule has 59 heavy (non-hydrogen) atoms. The first-order valence-corrected chi connectivity index (χ1v) is 19.6. The number of halogens is 1. The highest BCUT2D eigenvalue weighted by molar-refractivity contribution is 6.17. The molecule has 0 fully saturated rings. The highest BCUT2D eigenvalue weighted by Gasteiger charge is 2.17. The number of amides is 1. The first-order valence-electron chi connectivity index (χ1n) is 19.0. The topological polar surface area (TPSA) is 144 Å². The van der Waals surface area contributed by atoms with Crippen LogP contribution in [0, 0.1) is 30.9 Å².